The molecule has 1 unspecified atom stereocenters. The summed E-state index contributed by atoms with van der Waals surface area (Å²) in [6.07, 6.45) is 61.8. The van der Waals surface area contributed by atoms with Crippen molar-refractivity contribution in [2.24, 2.45) is 0 Å². The van der Waals surface area contributed by atoms with Crippen LogP contribution in [0.2, 0.25) is 0 Å². The van der Waals surface area contributed by atoms with Crippen LogP contribution in [0.5, 0.6) is 0 Å². The van der Waals surface area contributed by atoms with E-state index in [4.69, 9.17) is 14.2 Å². The fourth-order valence-corrected chi connectivity index (χ4v) is 6.78. The summed E-state index contributed by atoms with van der Waals surface area (Å²) in [6.45, 7) is 6.49. The van der Waals surface area contributed by atoms with Crippen LogP contribution in [0.3, 0.4) is 0 Å². The first kappa shape index (κ1) is 57.9. The van der Waals surface area contributed by atoms with Gasteiger partial charge in [0.2, 0.25) is 0 Å². The third kappa shape index (κ3) is 47.7. The number of allylic oxidation sites excluding steroid dienone is 12. The first-order valence-corrected chi connectivity index (χ1v) is 25.5. The molecule has 0 aromatic heterocycles. The molecule has 0 amide bonds. The number of hydrogen-bond acceptors (Lipinski definition) is 6. The molecule has 0 bridgehead atoms. The van der Waals surface area contributed by atoms with Crippen LogP contribution >= 0.6 is 0 Å². The molecule has 0 aromatic rings. The molecule has 1 atom stereocenters. The Hall–Kier alpha value is -3.15. The highest BCUT2D eigenvalue weighted by molar-refractivity contribution is 5.71. The Bertz CT molecular complexity index is 1160. The van der Waals surface area contributed by atoms with Crippen molar-refractivity contribution in [1.82, 2.24) is 0 Å². The second kappa shape index (κ2) is 49.5. The first-order valence-electron chi connectivity index (χ1n) is 25.5. The monoisotopic (exact) mass is 851 g/mol. The minimum atomic E-state index is -0.807. The average molecular weight is 851 g/mol. The zero-order chi connectivity index (χ0) is 44.4. The van der Waals surface area contributed by atoms with E-state index in [0.29, 0.717) is 19.3 Å². The third-order valence-corrected chi connectivity index (χ3v) is 10.7. The van der Waals surface area contributed by atoms with Crippen molar-refractivity contribution in [3.8, 4) is 0 Å². The summed E-state index contributed by atoms with van der Waals surface area (Å²) < 4.78 is 16.7. The van der Waals surface area contributed by atoms with E-state index >= 15 is 0 Å². The van der Waals surface area contributed by atoms with Gasteiger partial charge in [-0.2, -0.15) is 0 Å². The molecule has 0 rings (SSSR count). The molecule has 0 N–H and O–H groups in total. The molecule has 350 valence electrons. The van der Waals surface area contributed by atoms with Crippen LogP contribution in [-0.4, -0.2) is 37.2 Å². The lowest BCUT2D eigenvalue weighted by Crippen LogP contribution is -2.30. The number of esters is 3. The smallest absolute Gasteiger partial charge is 0.306 e. The number of rotatable bonds is 45. The molecule has 61 heavy (non-hydrogen) atoms. The third-order valence-electron chi connectivity index (χ3n) is 10.7. The van der Waals surface area contributed by atoms with Gasteiger partial charge in [-0.1, -0.05) is 196 Å². The van der Waals surface area contributed by atoms with Crippen molar-refractivity contribution in [3.63, 3.8) is 0 Å². The van der Waals surface area contributed by atoms with E-state index in [0.717, 1.165) is 70.6 Å². The molecule has 0 aromatic carbocycles. The lowest BCUT2D eigenvalue weighted by Gasteiger charge is -2.18. The Morgan fingerprint density at radius 2 is 0.672 bits per heavy atom. The molecule has 6 nitrogen and oxygen atoms in total. The minimum absolute atomic E-state index is 0.107. The van der Waals surface area contributed by atoms with Gasteiger partial charge in [-0.05, 0) is 96.3 Å². The van der Waals surface area contributed by atoms with Gasteiger partial charge in [0.1, 0.15) is 13.2 Å². The second-order valence-corrected chi connectivity index (χ2v) is 16.7. The summed E-state index contributed by atoms with van der Waals surface area (Å²) in [5.74, 6) is -0.991. The molecule has 0 fully saturated rings. The van der Waals surface area contributed by atoms with Crippen molar-refractivity contribution >= 4 is 17.9 Å². The highest BCUT2D eigenvalue weighted by Crippen LogP contribution is 2.13. The van der Waals surface area contributed by atoms with Gasteiger partial charge in [-0.15, -0.1) is 0 Å². The van der Waals surface area contributed by atoms with E-state index < -0.39 is 6.10 Å². The molecular formula is C55H94O6. The van der Waals surface area contributed by atoms with E-state index in [1.54, 1.807) is 0 Å². The van der Waals surface area contributed by atoms with Gasteiger partial charge in [0, 0.05) is 19.3 Å². The van der Waals surface area contributed by atoms with Crippen molar-refractivity contribution in [2.45, 2.75) is 245 Å². The molecular weight excluding hydrogens is 757 g/mol. The summed E-state index contributed by atoms with van der Waals surface area (Å²) in [7, 11) is 0. The van der Waals surface area contributed by atoms with Crippen LogP contribution < -0.4 is 0 Å². The molecule has 0 aliphatic heterocycles. The Balaban J connectivity index is 4.48. The molecule has 0 aliphatic rings. The summed E-state index contributed by atoms with van der Waals surface area (Å²) in [5, 5.41) is 0. The topological polar surface area (TPSA) is 78.9 Å². The van der Waals surface area contributed by atoms with Crippen molar-refractivity contribution in [3.05, 3.63) is 72.9 Å². The van der Waals surface area contributed by atoms with E-state index in [1.807, 2.05) is 0 Å². The lowest BCUT2D eigenvalue weighted by molar-refractivity contribution is -0.167. The van der Waals surface area contributed by atoms with Crippen molar-refractivity contribution in [2.75, 3.05) is 13.2 Å². The fourth-order valence-electron chi connectivity index (χ4n) is 6.78. The SMILES string of the molecule is CCCC/C=C\C=C/CCCCCC(=O)OCC(COC(=O)CCC/C=C\C/C=C\C/C=C\CCCCCCCC)OC(=O)CCCCCCCCC/C=C\CCCCCC. The molecule has 0 spiro atoms. The summed E-state index contributed by atoms with van der Waals surface area (Å²) >= 11 is 0. The Labute approximate surface area is 376 Å². The largest absolute Gasteiger partial charge is 0.462 e. The Morgan fingerprint density at radius 3 is 1.18 bits per heavy atom. The fraction of sp³-hybridized carbons (Fsp3) is 0.727. The number of carbonyl (C=O) groups excluding carboxylic acids is 3. The van der Waals surface area contributed by atoms with Crippen LogP contribution in [0.1, 0.15) is 239 Å². The maximum Gasteiger partial charge on any atom is 0.306 e. The first-order chi connectivity index (χ1) is 30.0. The molecule has 0 heterocycles. The lowest BCUT2D eigenvalue weighted by atomic mass is 10.1. The molecule has 0 saturated heterocycles. The zero-order valence-corrected chi connectivity index (χ0v) is 39.9. The van der Waals surface area contributed by atoms with E-state index in [2.05, 4.69) is 93.7 Å². The van der Waals surface area contributed by atoms with Crippen LogP contribution in [0.15, 0.2) is 72.9 Å². The maximum absolute atomic E-state index is 12.8. The standard InChI is InChI=1S/C55H94O6/c1-4-7-10-13-16-19-22-24-26-27-29-30-33-36-39-42-45-48-54(57)60-51-52(50-59-53(56)47-44-41-38-35-32-21-18-15-12-9-6-3)61-55(58)49-46-43-40-37-34-31-28-25-23-20-17-14-11-8-5-2/h15,18,20-21,23-24,26,29-30,32,36,39,52H,4-14,16-17,19,22,25,27-28,31,33-35,37-38,40-51H2,1-3H3/b18-15-,23-20-,26-24-,30-29-,32-21-,39-36-. The summed E-state index contributed by atoms with van der Waals surface area (Å²) in [5.41, 5.74) is 0. The van der Waals surface area contributed by atoms with Gasteiger partial charge in [0.15, 0.2) is 6.10 Å². The van der Waals surface area contributed by atoms with Crippen molar-refractivity contribution in [1.29, 1.82) is 0 Å². The van der Waals surface area contributed by atoms with Crippen LogP contribution in [0.25, 0.3) is 0 Å². The predicted octanol–water partition coefficient (Wildman–Crippen LogP) is 16.6. The van der Waals surface area contributed by atoms with Gasteiger partial charge in [0.05, 0.1) is 0 Å². The number of hydrogen-bond donors (Lipinski definition) is 0. The quantitative estimate of drug-likeness (QED) is 0.0200. The molecule has 6 heteroatoms. The second-order valence-electron chi connectivity index (χ2n) is 16.7. The van der Waals surface area contributed by atoms with Crippen LogP contribution in [-0.2, 0) is 28.6 Å². The van der Waals surface area contributed by atoms with Crippen molar-refractivity contribution < 1.29 is 28.6 Å². The molecule has 0 saturated carbocycles. The van der Waals surface area contributed by atoms with E-state index in [1.165, 1.54) is 122 Å². The van der Waals surface area contributed by atoms with Gasteiger partial charge in [-0.25, -0.2) is 0 Å². The molecule has 0 aliphatic carbocycles. The molecule has 0 radical (unpaired) electrons. The maximum atomic E-state index is 12.8. The van der Waals surface area contributed by atoms with Gasteiger partial charge >= 0.3 is 17.9 Å². The van der Waals surface area contributed by atoms with Gasteiger partial charge in [-0.3, -0.25) is 14.4 Å². The van der Waals surface area contributed by atoms with Crippen LogP contribution in [0.4, 0.5) is 0 Å². The number of ether oxygens (including phenoxy) is 3. The van der Waals surface area contributed by atoms with Gasteiger partial charge < -0.3 is 14.2 Å². The van der Waals surface area contributed by atoms with Gasteiger partial charge in [0.25, 0.3) is 0 Å². The summed E-state index contributed by atoms with van der Waals surface area (Å²) in [6, 6.07) is 0. The zero-order valence-electron chi connectivity index (χ0n) is 39.9. The van der Waals surface area contributed by atoms with E-state index in [9.17, 15) is 14.4 Å². The number of carbonyl (C=O) groups is 3. The Kier molecular flexibility index (Phi) is 46.9. The summed E-state index contributed by atoms with van der Waals surface area (Å²) in [4.78, 5) is 37.9. The van der Waals surface area contributed by atoms with Crippen LogP contribution in [0, 0.1) is 0 Å². The highest BCUT2D eigenvalue weighted by atomic mass is 16.6. The van der Waals surface area contributed by atoms with E-state index in [-0.39, 0.29) is 37.5 Å². The Morgan fingerprint density at radius 1 is 0.344 bits per heavy atom. The minimum Gasteiger partial charge on any atom is -0.462 e. The average Bonchev–Trinajstić information content (AvgIpc) is 3.26. The number of unbranched alkanes of at least 4 members (excludes halogenated alkanes) is 23. The predicted molar refractivity (Wildman–Crippen MR) is 261 cm³/mol. The highest BCUT2D eigenvalue weighted by Gasteiger charge is 2.19. The normalized spacial score (nSPS) is 12.6.